The summed E-state index contributed by atoms with van der Waals surface area (Å²) in [6.45, 7) is 0. The molecule has 1 aliphatic rings. The average molecular weight is 347 g/mol. The number of hydrogen-bond donors (Lipinski definition) is 2. The quantitative estimate of drug-likeness (QED) is 0.307. The highest BCUT2D eigenvalue weighted by atomic mass is 16.5. The lowest BCUT2D eigenvalue weighted by molar-refractivity contribution is -0.124. The maximum Gasteiger partial charge on any atom is 0.267 e. The molecule has 1 amide bonds. The maximum absolute atomic E-state index is 11.0. The van der Waals surface area contributed by atoms with Crippen molar-refractivity contribution in [3.05, 3.63) is 82.9 Å². The van der Waals surface area contributed by atoms with Crippen LogP contribution in [0, 0.1) is 0 Å². The van der Waals surface area contributed by atoms with Crippen LogP contribution in [0.1, 0.15) is 47.9 Å². The van der Waals surface area contributed by atoms with Crippen LogP contribution in [0.2, 0.25) is 0 Å². The normalized spacial score (nSPS) is 12.9. The molecule has 0 fully saturated rings. The number of aryl methyl sites for hydroxylation is 1. The number of nitrogens with one attached hydrogen (secondary N) is 1. The first-order valence-electron chi connectivity index (χ1n) is 9.24. The van der Waals surface area contributed by atoms with Gasteiger partial charge in [-0.2, -0.15) is 0 Å². The summed E-state index contributed by atoms with van der Waals surface area (Å²) in [5.41, 5.74) is 8.28. The van der Waals surface area contributed by atoms with Gasteiger partial charge in [0, 0.05) is 6.08 Å². The highest BCUT2D eigenvalue weighted by Crippen LogP contribution is 2.30. The molecular formula is C23H25NO2. The third-order valence-electron chi connectivity index (χ3n) is 4.86. The van der Waals surface area contributed by atoms with Crippen molar-refractivity contribution >= 4 is 17.6 Å². The van der Waals surface area contributed by atoms with Crippen molar-refractivity contribution in [1.29, 1.82) is 0 Å². The molecule has 2 aromatic rings. The van der Waals surface area contributed by atoms with Gasteiger partial charge in [0.15, 0.2) is 0 Å². The zero-order chi connectivity index (χ0) is 18.2. The summed E-state index contributed by atoms with van der Waals surface area (Å²) in [7, 11) is 0. The van der Waals surface area contributed by atoms with Crippen LogP contribution in [0.5, 0.6) is 0 Å². The van der Waals surface area contributed by atoms with E-state index in [9.17, 15) is 4.79 Å². The van der Waals surface area contributed by atoms with E-state index in [1.165, 1.54) is 54.0 Å². The third kappa shape index (κ3) is 4.93. The van der Waals surface area contributed by atoms with Crippen LogP contribution in [-0.2, 0) is 17.6 Å². The first kappa shape index (κ1) is 18.2. The van der Waals surface area contributed by atoms with E-state index in [4.69, 9.17) is 5.21 Å². The van der Waals surface area contributed by atoms with E-state index in [1.807, 2.05) is 12.1 Å². The molecule has 2 N–H and O–H groups in total. The Morgan fingerprint density at radius 1 is 1.00 bits per heavy atom. The van der Waals surface area contributed by atoms with Gasteiger partial charge in [-0.3, -0.25) is 10.0 Å². The summed E-state index contributed by atoms with van der Waals surface area (Å²) in [6.07, 6.45) is 12.4. The molecule has 134 valence electrons. The maximum atomic E-state index is 11.0. The number of fused-ring (bicyclic) bond motifs is 1. The molecule has 3 rings (SSSR count). The summed E-state index contributed by atoms with van der Waals surface area (Å²) >= 11 is 0. The Hall–Kier alpha value is -2.65. The van der Waals surface area contributed by atoms with Gasteiger partial charge in [0.05, 0.1) is 0 Å². The number of hydroxylamine groups is 1. The van der Waals surface area contributed by atoms with E-state index in [2.05, 4.69) is 42.5 Å². The van der Waals surface area contributed by atoms with Crippen LogP contribution in [0.3, 0.4) is 0 Å². The van der Waals surface area contributed by atoms with Crippen molar-refractivity contribution in [2.75, 3.05) is 0 Å². The molecule has 26 heavy (non-hydrogen) atoms. The van der Waals surface area contributed by atoms with Crippen LogP contribution in [0.15, 0.2) is 60.7 Å². The minimum absolute atomic E-state index is 0.519. The Balaban J connectivity index is 1.38. The summed E-state index contributed by atoms with van der Waals surface area (Å²) in [5, 5.41) is 8.46. The molecule has 0 spiro atoms. The predicted octanol–water partition coefficient (Wildman–Crippen LogP) is 4.95. The predicted molar refractivity (Wildman–Crippen MR) is 106 cm³/mol. The Bertz CT molecular complexity index is 803. The van der Waals surface area contributed by atoms with Gasteiger partial charge >= 0.3 is 0 Å². The van der Waals surface area contributed by atoms with Crippen LogP contribution in [-0.4, -0.2) is 11.1 Å². The second-order valence-corrected chi connectivity index (χ2v) is 6.70. The van der Waals surface area contributed by atoms with Gasteiger partial charge < -0.3 is 0 Å². The van der Waals surface area contributed by atoms with Crippen molar-refractivity contribution in [3.63, 3.8) is 0 Å². The van der Waals surface area contributed by atoms with Gasteiger partial charge in [0.25, 0.3) is 5.91 Å². The Labute approximate surface area is 155 Å². The Kier molecular flexibility index (Phi) is 6.39. The zero-order valence-corrected chi connectivity index (χ0v) is 14.9. The fraction of sp³-hybridized carbons (Fsp3) is 0.261. The molecule has 0 aliphatic heterocycles. The van der Waals surface area contributed by atoms with Gasteiger partial charge in [-0.15, -0.1) is 0 Å². The number of hydrogen-bond acceptors (Lipinski definition) is 2. The standard InChI is InChI=1S/C23H25NO2/c25-23(24-26)17-14-19-12-10-18(11-13-19)6-2-1-3-7-20-15-16-21-8-4-5-9-22(20)21/h4-5,8-15,17,26H,1-3,6-7,16H2,(H,24,25)/b17-14+. The number of benzene rings is 2. The van der Waals surface area contributed by atoms with Crippen molar-refractivity contribution in [1.82, 2.24) is 5.48 Å². The van der Waals surface area contributed by atoms with Crippen molar-refractivity contribution in [2.45, 2.75) is 38.5 Å². The Morgan fingerprint density at radius 2 is 1.77 bits per heavy atom. The lowest BCUT2D eigenvalue weighted by Crippen LogP contribution is -2.14. The van der Waals surface area contributed by atoms with Crippen LogP contribution in [0.4, 0.5) is 0 Å². The second-order valence-electron chi connectivity index (χ2n) is 6.70. The molecule has 1 aliphatic carbocycles. The molecule has 0 aromatic heterocycles. The summed E-state index contributed by atoms with van der Waals surface area (Å²) in [5.74, 6) is -0.519. The average Bonchev–Trinajstić information content (AvgIpc) is 3.10. The van der Waals surface area contributed by atoms with E-state index in [0.717, 1.165) is 18.4 Å². The molecule has 2 aromatic carbocycles. The highest BCUT2D eigenvalue weighted by Gasteiger charge is 2.12. The molecule has 0 bridgehead atoms. The monoisotopic (exact) mass is 347 g/mol. The first-order chi connectivity index (χ1) is 12.8. The number of allylic oxidation sites excluding steroid dienone is 2. The largest absolute Gasteiger partial charge is 0.288 e. The topological polar surface area (TPSA) is 49.3 Å². The summed E-state index contributed by atoms with van der Waals surface area (Å²) < 4.78 is 0. The van der Waals surface area contributed by atoms with E-state index in [1.54, 1.807) is 11.6 Å². The zero-order valence-electron chi connectivity index (χ0n) is 14.9. The molecule has 0 radical (unpaired) electrons. The van der Waals surface area contributed by atoms with Crippen molar-refractivity contribution < 1.29 is 10.0 Å². The van der Waals surface area contributed by atoms with E-state index in [0.29, 0.717) is 0 Å². The van der Waals surface area contributed by atoms with Gasteiger partial charge in [0.1, 0.15) is 0 Å². The van der Waals surface area contributed by atoms with E-state index >= 15 is 0 Å². The SMILES string of the molecule is O=C(/C=C/c1ccc(CCCCCC2=CCc3ccccc32)cc1)NO. The number of rotatable bonds is 8. The fourth-order valence-electron chi connectivity index (χ4n) is 3.42. The van der Waals surface area contributed by atoms with Crippen LogP contribution < -0.4 is 5.48 Å². The van der Waals surface area contributed by atoms with E-state index < -0.39 is 5.91 Å². The third-order valence-corrected chi connectivity index (χ3v) is 4.86. The molecule has 0 heterocycles. The van der Waals surface area contributed by atoms with Crippen LogP contribution in [0.25, 0.3) is 11.6 Å². The van der Waals surface area contributed by atoms with Gasteiger partial charge in [-0.05, 0) is 66.0 Å². The van der Waals surface area contributed by atoms with Gasteiger partial charge in [0.2, 0.25) is 0 Å². The molecule has 0 saturated carbocycles. The number of amides is 1. The minimum atomic E-state index is -0.519. The second kappa shape index (κ2) is 9.16. The smallest absolute Gasteiger partial charge is 0.267 e. The highest BCUT2D eigenvalue weighted by molar-refractivity contribution is 5.90. The number of carbonyl (C=O) groups is 1. The fourth-order valence-corrected chi connectivity index (χ4v) is 3.42. The Morgan fingerprint density at radius 3 is 2.58 bits per heavy atom. The van der Waals surface area contributed by atoms with Crippen LogP contribution >= 0.6 is 0 Å². The molecule has 3 heteroatoms. The summed E-state index contributed by atoms with van der Waals surface area (Å²) in [6, 6.07) is 16.9. The minimum Gasteiger partial charge on any atom is -0.288 e. The number of carbonyl (C=O) groups excluding carboxylic acids is 1. The van der Waals surface area contributed by atoms with Crippen molar-refractivity contribution in [3.8, 4) is 0 Å². The first-order valence-corrected chi connectivity index (χ1v) is 9.24. The molecular weight excluding hydrogens is 322 g/mol. The lowest BCUT2D eigenvalue weighted by Gasteiger charge is -2.06. The lowest BCUT2D eigenvalue weighted by atomic mass is 9.99. The van der Waals surface area contributed by atoms with Crippen molar-refractivity contribution in [2.24, 2.45) is 0 Å². The van der Waals surface area contributed by atoms with Gasteiger partial charge in [-0.1, -0.05) is 61.0 Å². The molecule has 3 nitrogen and oxygen atoms in total. The van der Waals surface area contributed by atoms with E-state index in [-0.39, 0.29) is 0 Å². The molecule has 0 atom stereocenters. The summed E-state index contributed by atoms with van der Waals surface area (Å²) in [4.78, 5) is 11.0. The number of unbranched alkanes of at least 4 members (excludes halogenated alkanes) is 2. The molecule has 0 unspecified atom stereocenters. The van der Waals surface area contributed by atoms with Gasteiger partial charge in [-0.25, -0.2) is 5.48 Å². The molecule has 0 saturated heterocycles.